The average Bonchev–Trinajstić information content (AvgIpc) is 2.45. The fraction of sp³-hybridized carbons (Fsp3) is 0.278. The fourth-order valence-electron chi connectivity index (χ4n) is 2.41. The van der Waals surface area contributed by atoms with Crippen LogP contribution in [0.15, 0.2) is 48.5 Å². The van der Waals surface area contributed by atoms with Gasteiger partial charge in [-0.2, -0.15) is 0 Å². The molecule has 0 fully saturated rings. The van der Waals surface area contributed by atoms with Gasteiger partial charge in [0.05, 0.1) is 6.04 Å². The number of hydrogen-bond acceptors (Lipinski definition) is 1. The number of anilines is 1. The number of hydrogen-bond donors (Lipinski definition) is 2. The number of halogens is 1. The van der Waals surface area contributed by atoms with Gasteiger partial charge in [-0.25, -0.2) is 0 Å². The van der Waals surface area contributed by atoms with E-state index in [1.807, 2.05) is 24.3 Å². The smallest absolute Gasteiger partial charge is 0.171 e. The van der Waals surface area contributed by atoms with Gasteiger partial charge in [-0.1, -0.05) is 55.8 Å². The van der Waals surface area contributed by atoms with E-state index in [1.54, 1.807) is 0 Å². The highest BCUT2D eigenvalue weighted by molar-refractivity contribution is 7.80. The van der Waals surface area contributed by atoms with E-state index in [0.29, 0.717) is 16.1 Å². The first kappa shape index (κ1) is 16.8. The first-order chi connectivity index (χ1) is 10.5. The molecule has 0 aliphatic rings. The average molecular weight is 333 g/mol. The normalized spacial score (nSPS) is 12.0. The molecule has 2 rings (SSSR count). The van der Waals surface area contributed by atoms with Crippen molar-refractivity contribution in [2.75, 3.05) is 5.32 Å². The third-order valence-electron chi connectivity index (χ3n) is 3.56. The lowest BCUT2D eigenvalue weighted by Crippen LogP contribution is -2.35. The lowest BCUT2D eigenvalue weighted by Gasteiger charge is -2.26. The zero-order valence-corrected chi connectivity index (χ0v) is 14.6. The summed E-state index contributed by atoms with van der Waals surface area (Å²) < 4.78 is 0. The number of benzene rings is 2. The highest BCUT2D eigenvalue weighted by atomic mass is 35.5. The van der Waals surface area contributed by atoms with Crippen molar-refractivity contribution in [3.05, 3.63) is 64.7 Å². The number of aryl methyl sites for hydroxylation is 1. The predicted molar refractivity (Wildman–Crippen MR) is 99.6 cm³/mol. The summed E-state index contributed by atoms with van der Waals surface area (Å²) in [6.07, 6.45) is 0. The summed E-state index contributed by atoms with van der Waals surface area (Å²) in [6, 6.07) is 16.1. The van der Waals surface area contributed by atoms with Crippen LogP contribution in [0.2, 0.25) is 5.02 Å². The molecule has 0 aromatic heterocycles. The van der Waals surface area contributed by atoms with Crippen LogP contribution >= 0.6 is 23.8 Å². The summed E-state index contributed by atoms with van der Waals surface area (Å²) in [5.41, 5.74) is 3.42. The largest absolute Gasteiger partial charge is 0.355 e. The molecule has 0 unspecified atom stereocenters. The minimum atomic E-state index is 0.167. The molecule has 0 aliphatic carbocycles. The van der Waals surface area contributed by atoms with Crippen LogP contribution in [0.25, 0.3) is 0 Å². The maximum atomic E-state index is 6.00. The van der Waals surface area contributed by atoms with Crippen LogP contribution in [0.5, 0.6) is 0 Å². The molecular formula is C18H21ClN2S. The molecule has 0 aliphatic heterocycles. The molecule has 0 heterocycles. The van der Waals surface area contributed by atoms with Gasteiger partial charge >= 0.3 is 0 Å². The molecule has 0 saturated carbocycles. The Hall–Kier alpha value is -1.58. The van der Waals surface area contributed by atoms with Gasteiger partial charge in [-0.3, -0.25) is 0 Å². The van der Waals surface area contributed by atoms with E-state index >= 15 is 0 Å². The van der Waals surface area contributed by atoms with Crippen LogP contribution in [0.4, 0.5) is 5.69 Å². The summed E-state index contributed by atoms with van der Waals surface area (Å²) in [5.74, 6) is 0.417. The van der Waals surface area contributed by atoms with Crippen LogP contribution in [0.1, 0.15) is 31.0 Å². The zero-order valence-electron chi connectivity index (χ0n) is 13.1. The van der Waals surface area contributed by atoms with Gasteiger partial charge in [-0.15, -0.1) is 0 Å². The molecular weight excluding hydrogens is 312 g/mol. The molecule has 4 heteroatoms. The number of thiocarbonyl (C=S) groups is 1. The van der Waals surface area contributed by atoms with Crippen molar-refractivity contribution in [3.63, 3.8) is 0 Å². The topological polar surface area (TPSA) is 24.1 Å². The second kappa shape index (κ2) is 7.61. The highest BCUT2D eigenvalue weighted by Crippen LogP contribution is 2.25. The Balaban J connectivity index is 2.11. The molecule has 1 atom stereocenters. The molecule has 2 nitrogen and oxygen atoms in total. The molecule has 2 N–H and O–H groups in total. The van der Waals surface area contributed by atoms with E-state index in [2.05, 4.69) is 55.7 Å². The van der Waals surface area contributed by atoms with Crippen LogP contribution < -0.4 is 10.6 Å². The first-order valence-electron chi connectivity index (χ1n) is 7.36. The van der Waals surface area contributed by atoms with E-state index in [4.69, 9.17) is 23.8 Å². The summed E-state index contributed by atoms with van der Waals surface area (Å²) in [5, 5.41) is 7.90. The third-order valence-corrected chi connectivity index (χ3v) is 4.01. The first-order valence-corrected chi connectivity index (χ1v) is 8.14. The molecule has 22 heavy (non-hydrogen) atoms. The Morgan fingerprint density at radius 3 is 2.45 bits per heavy atom. The molecule has 0 spiro atoms. The van der Waals surface area contributed by atoms with E-state index in [1.165, 1.54) is 11.1 Å². The van der Waals surface area contributed by atoms with Crippen LogP contribution in [-0.4, -0.2) is 5.11 Å². The summed E-state index contributed by atoms with van der Waals surface area (Å²) in [6.45, 7) is 6.50. The number of nitrogens with one attached hydrogen (secondary N) is 2. The quantitative estimate of drug-likeness (QED) is 0.740. The van der Waals surface area contributed by atoms with Gasteiger partial charge < -0.3 is 10.6 Å². The van der Waals surface area contributed by atoms with Gasteiger partial charge in [-0.05, 0) is 54.4 Å². The Labute approximate surface area is 142 Å². The van der Waals surface area contributed by atoms with Crippen molar-refractivity contribution in [3.8, 4) is 0 Å². The SMILES string of the molecule is Cc1ccccc1[C@H](NC(=S)Nc1cccc(Cl)c1)C(C)C. The Kier molecular flexibility index (Phi) is 5.81. The molecule has 0 radical (unpaired) electrons. The second-order valence-electron chi connectivity index (χ2n) is 5.69. The molecule has 0 amide bonds. The van der Waals surface area contributed by atoms with Gasteiger partial charge in [0.1, 0.15) is 0 Å². The van der Waals surface area contributed by atoms with E-state index in [-0.39, 0.29) is 6.04 Å². The standard InChI is InChI=1S/C18H21ClN2S/c1-12(2)17(16-10-5-4-7-13(16)3)21-18(22)20-15-9-6-8-14(19)11-15/h4-12,17H,1-3H3,(H2,20,21,22)/t17-/m1/s1. The summed E-state index contributed by atoms with van der Waals surface area (Å²) in [7, 11) is 0. The van der Waals surface area contributed by atoms with Gasteiger partial charge in [0.25, 0.3) is 0 Å². The van der Waals surface area contributed by atoms with E-state index < -0.39 is 0 Å². The lowest BCUT2D eigenvalue weighted by molar-refractivity contribution is 0.471. The fourth-order valence-corrected chi connectivity index (χ4v) is 2.85. The molecule has 116 valence electrons. The zero-order chi connectivity index (χ0) is 16.1. The van der Waals surface area contributed by atoms with E-state index in [0.717, 1.165) is 5.69 Å². The lowest BCUT2D eigenvalue weighted by atomic mass is 9.93. The van der Waals surface area contributed by atoms with Crippen LogP contribution in [-0.2, 0) is 0 Å². The predicted octanol–water partition coefficient (Wildman–Crippen LogP) is 5.33. The second-order valence-corrected chi connectivity index (χ2v) is 6.53. The summed E-state index contributed by atoms with van der Waals surface area (Å²) in [4.78, 5) is 0. The van der Waals surface area contributed by atoms with Gasteiger partial charge in [0.2, 0.25) is 0 Å². The van der Waals surface area contributed by atoms with Crippen molar-refractivity contribution in [2.24, 2.45) is 5.92 Å². The van der Waals surface area contributed by atoms with Gasteiger partial charge in [0.15, 0.2) is 5.11 Å². The Morgan fingerprint density at radius 1 is 1.09 bits per heavy atom. The maximum absolute atomic E-state index is 6.00. The van der Waals surface area contributed by atoms with E-state index in [9.17, 15) is 0 Å². The molecule has 2 aromatic carbocycles. The van der Waals surface area contributed by atoms with Crippen LogP contribution in [0, 0.1) is 12.8 Å². The Bertz CT molecular complexity index is 655. The van der Waals surface area contributed by atoms with Crippen LogP contribution in [0.3, 0.4) is 0 Å². The Morgan fingerprint density at radius 2 is 1.82 bits per heavy atom. The van der Waals surface area contributed by atoms with Gasteiger partial charge in [0, 0.05) is 10.7 Å². The van der Waals surface area contributed by atoms with Crippen molar-refractivity contribution in [2.45, 2.75) is 26.8 Å². The monoisotopic (exact) mass is 332 g/mol. The summed E-state index contributed by atoms with van der Waals surface area (Å²) >= 11 is 11.5. The highest BCUT2D eigenvalue weighted by Gasteiger charge is 2.18. The molecule has 2 aromatic rings. The minimum absolute atomic E-state index is 0.167. The third kappa shape index (κ3) is 4.46. The molecule has 0 saturated heterocycles. The molecule has 0 bridgehead atoms. The number of rotatable bonds is 4. The van der Waals surface area contributed by atoms with Crippen molar-refractivity contribution in [1.29, 1.82) is 0 Å². The minimum Gasteiger partial charge on any atom is -0.355 e. The van der Waals surface area contributed by atoms with Crippen molar-refractivity contribution < 1.29 is 0 Å². The maximum Gasteiger partial charge on any atom is 0.171 e. The van der Waals surface area contributed by atoms with Crippen molar-refractivity contribution in [1.82, 2.24) is 5.32 Å². The van der Waals surface area contributed by atoms with Crippen molar-refractivity contribution >= 4 is 34.6 Å².